The monoisotopic (exact) mass is 216 g/mol. The van der Waals surface area contributed by atoms with E-state index in [4.69, 9.17) is 5.73 Å². The molecule has 0 saturated heterocycles. The molecule has 0 unspecified atom stereocenters. The average molecular weight is 216 g/mol. The van der Waals surface area contributed by atoms with Crippen molar-refractivity contribution in [1.82, 2.24) is 9.97 Å². The molecule has 1 heterocycles. The summed E-state index contributed by atoms with van der Waals surface area (Å²) in [5.41, 5.74) is 6.81. The molecular weight excluding hydrogens is 202 g/mol. The van der Waals surface area contributed by atoms with Crippen LogP contribution in [0.2, 0.25) is 0 Å². The normalized spacial score (nSPS) is 10.8. The highest BCUT2D eigenvalue weighted by molar-refractivity contribution is 5.31. The van der Waals surface area contributed by atoms with Crippen molar-refractivity contribution < 1.29 is 8.78 Å². The number of hydrogen-bond acceptors (Lipinski definition) is 4. The highest BCUT2D eigenvalue weighted by Crippen LogP contribution is 2.09. The van der Waals surface area contributed by atoms with Gasteiger partial charge >= 0.3 is 0 Å². The van der Waals surface area contributed by atoms with Crippen LogP contribution in [-0.4, -0.2) is 30.0 Å². The Labute approximate surface area is 87.1 Å². The van der Waals surface area contributed by atoms with Crippen molar-refractivity contribution in [1.29, 1.82) is 0 Å². The Balaban J connectivity index is 2.88. The molecule has 0 amide bonds. The molecule has 0 saturated carbocycles. The van der Waals surface area contributed by atoms with E-state index in [1.807, 2.05) is 0 Å². The lowest BCUT2D eigenvalue weighted by molar-refractivity contribution is 0.156. The molecule has 0 aliphatic rings. The van der Waals surface area contributed by atoms with Gasteiger partial charge in [0.1, 0.15) is 0 Å². The van der Waals surface area contributed by atoms with Crippen LogP contribution in [0.3, 0.4) is 0 Å². The van der Waals surface area contributed by atoms with Gasteiger partial charge in [-0.25, -0.2) is 18.7 Å². The molecule has 0 spiro atoms. The fourth-order valence-electron chi connectivity index (χ4n) is 1.18. The van der Waals surface area contributed by atoms with Crippen molar-refractivity contribution in [2.45, 2.75) is 19.9 Å². The maximum Gasteiger partial charge on any atom is 0.255 e. The van der Waals surface area contributed by atoms with Gasteiger partial charge < -0.3 is 10.6 Å². The van der Waals surface area contributed by atoms with Gasteiger partial charge in [-0.15, -0.1) is 0 Å². The molecule has 1 aromatic heterocycles. The van der Waals surface area contributed by atoms with Crippen LogP contribution in [0.15, 0.2) is 6.07 Å². The maximum absolute atomic E-state index is 12.1. The molecule has 0 fully saturated rings. The van der Waals surface area contributed by atoms with E-state index < -0.39 is 6.43 Å². The van der Waals surface area contributed by atoms with Crippen molar-refractivity contribution in [3.8, 4) is 0 Å². The van der Waals surface area contributed by atoms with E-state index in [2.05, 4.69) is 9.97 Å². The lowest BCUT2D eigenvalue weighted by Crippen LogP contribution is -2.26. The Morgan fingerprint density at radius 2 is 2.13 bits per heavy atom. The maximum atomic E-state index is 12.1. The quantitative estimate of drug-likeness (QED) is 0.814. The van der Waals surface area contributed by atoms with E-state index in [0.29, 0.717) is 5.69 Å². The van der Waals surface area contributed by atoms with Gasteiger partial charge in [-0.05, 0) is 13.0 Å². The standard InChI is InChI=1S/C9H14F2N4/c1-6-3-7(4-12)14-9(13-6)15(2)5-8(10)11/h3,8H,4-5,12H2,1-2H3. The van der Waals surface area contributed by atoms with Crippen LogP contribution in [-0.2, 0) is 6.54 Å². The molecule has 0 aromatic carbocycles. The van der Waals surface area contributed by atoms with E-state index in [-0.39, 0.29) is 19.0 Å². The number of aryl methyl sites for hydroxylation is 1. The van der Waals surface area contributed by atoms with Gasteiger partial charge in [0.25, 0.3) is 6.43 Å². The van der Waals surface area contributed by atoms with Crippen LogP contribution in [0, 0.1) is 6.92 Å². The van der Waals surface area contributed by atoms with E-state index in [1.165, 1.54) is 11.9 Å². The zero-order valence-electron chi connectivity index (χ0n) is 8.74. The predicted octanol–water partition coefficient (Wildman–Crippen LogP) is 0.945. The molecule has 6 heteroatoms. The Hall–Kier alpha value is -1.30. The number of nitrogens with zero attached hydrogens (tertiary/aromatic N) is 3. The summed E-state index contributed by atoms with van der Waals surface area (Å²) in [4.78, 5) is 9.44. The van der Waals surface area contributed by atoms with Crippen molar-refractivity contribution in [2.24, 2.45) is 5.73 Å². The highest BCUT2D eigenvalue weighted by Gasteiger charge is 2.11. The van der Waals surface area contributed by atoms with E-state index >= 15 is 0 Å². The van der Waals surface area contributed by atoms with E-state index in [0.717, 1.165) is 5.69 Å². The van der Waals surface area contributed by atoms with Crippen molar-refractivity contribution in [2.75, 3.05) is 18.5 Å². The van der Waals surface area contributed by atoms with Crippen molar-refractivity contribution >= 4 is 5.95 Å². The first-order chi connectivity index (χ1) is 7.02. The van der Waals surface area contributed by atoms with Gasteiger partial charge in [-0.3, -0.25) is 0 Å². The number of anilines is 1. The second-order valence-electron chi connectivity index (χ2n) is 3.28. The molecule has 1 rings (SSSR count). The number of halogens is 2. The number of aromatic nitrogens is 2. The van der Waals surface area contributed by atoms with Crippen molar-refractivity contribution in [3.05, 3.63) is 17.5 Å². The molecule has 0 radical (unpaired) electrons. The largest absolute Gasteiger partial charge is 0.338 e. The van der Waals surface area contributed by atoms with Crippen LogP contribution in [0.5, 0.6) is 0 Å². The van der Waals surface area contributed by atoms with Crippen LogP contribution < -0.4 is 10.6 Å². The predicted molar refractivity (Wildman–Crippen MR) is 53.9 cm³/mol. The Kier molecular flexibility index (Phi) is 3.90. The van der Waals surface area contributed by atoms with Gasteiger partial charge in [-0.1, -0.05) is 0 Å². The topological polar surface area (TPSA) is 55.0 Å². The summed E-state index contributed by atoms with van der Waals surface area (Å²) >= 11 is 0. The third kappa shape index (κ3) is 3.39. The molecule has 0 aliphatic heterocycles. The SMILES string of the molecule is Cc1cc(CN)nc(N(C)CC(F)F)n1. The number of rotatable bonds is 4. The molecule has 15 heavy (non-hydrogen) atoms. The molecule has 1 aromatic rings. The smallest absolute Gasteiger partial charge is 0.255 e. The Bertz CT molecular complexity index is 330. The summed E-state index contributed by atoms with van der Waals surface area (Å²) in [6.45, 7) is 1.67. The summed E-state index contributed by atoms with van der Waals surface area (Å²) in [5, 5.41) is 0. The summed E-state index contributed by atoms with van der Waals surface area (Å²) in [6, 6.07) is 1.74. The minimum Gasteiger partial charge on any atom is -0.338 e. The number of nitrogens with two attached hydrogens (primary N) is 1. The third-order valence-corrected chi connectivity index (χ3v) is 1.86. The van der Waals surface area contributed by atoms with Gasteiger partial charge in [0.05, 0.1) is 12.2 Å². The van der Waals surface area contributed by atoms with Gasteiger partial charge in [0, 0.05) is 19.3 Å². The van der Waals surface area contributed by atoms with Gasteiger partial charge in [-0.2, -0.15) is 0 Å². The van der Waals surface area contributed by atoms with Crippen molar-refractivity contribution in [3.63, 3.8) is 0 Å². The van der Waals surface area contributed by atoms with Crippen LogP contribution in [0.4, 0.5) is 14.7 Å². The van der Waals surface area contributed by atoms with Crippen LogP contribution in [0.25, 0.3) is 0 Å². The first-order valence-corrected chi connectivity index (χ1v) is 4.57. The molecule has 4 nitrogen and oxygen atoms in total. The minimum atomic E-state index is -2.40. The van der Waals surface area contributed by atoms with Gasteiger partial charge in [0.15, 0.2) is 0 Å². The summed E-state index contributed by atoms with van der Waals surface area (Å²) in [7, 11) is 1.53. The van der Waals surface area contributed by atoms with Crippen LogP contribution >= 0.6 is 0 Å². The highest BCUT2D eigenvalue weighted by atomic mass is 19.3. The van der Waals surface area contributed by atoms with Gasteiger partial charge in [0.2, 0.25) is 5.95 Å². The fourth-order valence-corrected chi connectivity index (χ4v) is 1.18. The van der Waals surface area contributed by atoms with E-state index in [9.17, 15) is 8.78 Å². The number of alkyl halides is 2. The lowest BCUT2D eigenvalue weighted by Gasteiger charge is -2.17. The van der Waals surface area contributed by atoms with Crippen LogP contribution in [0.1, 0.15) is 11.4 Å². The molecular formula is C9H14F2N4. The lowest BCUT2D eigenvalue weighted by atomic mass is 10.3. The zero-order chi connectivity index (χ0) is 11.4. The zero-order valence-corrected chi connectivity index (χ0v) is 8.74. The average Bonchev–Trinajstić information content (AvgIpc) is 2.15. The first-order valence-electron chi connectivity index (χ1n) is 4.57. The molecule has 0 bridgehead atoms. The summed E-state index contributed by atoms with van der Waals surface area (Å²) in [5.74, 6) is 0.288. The number of hydrogen-bond donors (Lipinski definition) is 1. The molecule has 2 N–H and O–H groups in total. The molecule has 0 atom stereocenters. The summed E-state index contributed by atoms with van der Waals surface area (Å²) in [6.07, 6.45) is -2.40. The Morgan fingerprint density at radius 1 is 1.47 bits per heavy atom. The van der Waals surface area contributed by atoms with E-state index in [1.54, 1.807) is 13.0 Å². The first kappa shape index (κ1) is 11.8. The minimum absolute atomic E-state index is 0.277. The fraction of sp³-hybridized carbons (Fsp3) is 0.556. The molecule has 0 aliphatic carbocycles. The second-order valence-corrected chi connectivity index (χ2v) is 3.28. The summed E-state index contributed by atoms with van der Waals surface area (Å²) < 4.78 is 24.3. The molecule has 84 valence electrons. The Morgan fingerprint density at radius 3 is 2.67 bits per heavy atom. The second kappa shape index (κ2) is 4.97. The third-order valence-electron chi connectivity index (χ3n) is 1.86.